The number of nitriles is 1. The van der Waals surface area contributed by atoms with Gasteiger partial charge in [-0.3, -0.25) is 0 Å². The van der Waals surface area contributed by atoms with Crippen molar-refractivity contribution in [1.82, 2.24) is 0 Å². The zero-order chi connectivity index (χ0) is 14.9. The second-order valence-corrected chi connectivity index (χ2v) is 4.67. The lowest BCUT2D eigenvalue weighted by molar-refractivity contribution is -0.209. The van der Waals surface area contributed by atoms with Crippen molar-refractivity contribution in [3.63, 3.8) is 0 Å². The Kier molecular flexibility index (Phi) is 3.86. The van der Waals surface area contributed by atoms with Crippen LogP contribution in [0.4, 0.5) is 23.2 Å². The molecule has 0 spiro atoms. The fraction of sp³-hybridized carbons (Fsp3) is 0.462. The highest BCUT2D eigenvalue weighted by molar-refractivity contribution is 5.52. The number of halogens is 4. The van der Waals surface area contributed by atoms with Crippen LogP contribution in [0.25, 0.3) is 0 Å². The van der Waals surface area contributed by atoms with E-state index in [2.05, 4.69) is 0 Å². The molecule has 0 bridgehead atoms. The summed E-state index contributed by atoms with van der Waals surface area (Å²) < 4.78 is 51.3. The molecule has 1 aliphatic heterocycles. The third kappa shape index (κ3) is 2.70. The molecule has 2 atom stereocenters. The predicted molar refractivity (Wildman–Crippen MR) is 63.5 cm³/mol. The highest BCUT2D eigenvalue weighted by Crippen LogP contribution is 2.34. The normalized spacial score (nSPS) is 20.8. The van der Waals surface area contributed by atoms with Crippen LogP contribution in [0.2, 0.25) is 0 Å². The van der Waals surface area contributed by atoms with E-state index in [0.29, 0.717) is 13.0 Å². The second-order valence-electron chi connectivity index (χ2n) is 4.67. The Balaban J connectivity index is 2.28. The fourth-order valence-corrected chi connectivity index (χ4v) is 2.43. The molecule has 7 heteroatoms. The van der Waals surface area contributed by atoms with Gasteiger partial charge >= 0.3 is 6.18 Å². The average Bonchev–Trinajstić information content (AvgIpc) is 2.85. The van der Waals surface area contributed by atoms with Crippen molar-refractivity contribution in [3.05, 3.63) is 29.6 Å². The number of rotatable bonds is 2. The van der Waals surface area contributed by atoms with Crippen LogP contribution in [0.3, 0.4) is 0 Å². The Labute approximate surface area is 113 Å². The number of nitrogens with zero attached hydrogens (tertiary/aromatic N) is 2. The van der Waals surface area contributed by atoms with Crippen molar-refractivity contribution in [2.75, 3.05) is 11.4 Å². The summed E-state index contributed by atoms with van der Waals surface area (Å²) in [4.78, 5) is 1.34. The van der Waals surface area contributed by atoms with Crippen molar-refractivity contribution in [3.8, 4) is 6.07 Å². The maximum atomic E-state index is 13.5. The van der Waals surface area contributed by atoms with Gasteiger partial charge in [0.1, 0.15) is 11.9 Å². The van der Waals surface area contributed by atoms with E-state index in [9.17, 15) is 22.7 Å². The number of hydrogen-bond donors (Lipinski definition) is 1. The number of anilines is 1. The molecule has 20 heavy (non-hydrogen) atoms. The number of hydrogen-bond acceptors (Lipinski definition) is 3. The number of alkyl halides is 3. The Bertz CT molecular complexity index is 538. The quantitative estimate of drug-likeness (QED) is 0.851. The van der Waals surface area contributed by atoms with Crippen LogP contribution in [-0.2, 0) is 0 Å². The largest absolute Gasteiger partial charge is 0.416 e. The smallest absolute Gasteiger partial charge is 0.382 e. The van der Waals surface area contributed by atoms with Crippen LogP contribution in [0, 0.1) is 17.1 Å². The number of aliphatic hydroxyl groups is 1. The van der Waals surface area contributed by atoms with Gasteiger partial charge in [-0.15, -0.1) is 0 Å². The highest BCUT2D eigenvalue weighted by atomic mass is 19.4. The molecule has 108 valence electrons. The minimum atomic E-state index is -4.71. The number of benzene rings is 1. The first kappa shape index (κ1) is 14.6. The third-order valence-electron chi connectivity index (χ3n) is 3.40. The molecule has 0 saturated carbocycles. The molecule has 1 heterocycles. The number of aliphatic hydroxyl groups excluding tert-OH is 1. The van der Waals surface area contributed by atoms with E-state index < -0.39 is 24.1 Å². The Morgan fingerprint density at radius 2 is 2.10 bits per heavy atom. The van der Waals surface area contributed by atoms with Crippen molar-refractivity contribution in [2.45, 2.75) is 31.2 Å². The van der Waals surface area contributed by atoms with Crippen LogP contribution in [0.15, 0.2) is 18.2 Å². The van der Waals surface area contributed by atoms with E-state index in [4.69, 9.17) is 5.26 Å². The molecule has 0 radical (unpaired) electrons. The minimum absolute atomic E-state index is 0.166. The summed E-state index contributed by atoms with van der Waals surface area (Å²) in [6.45, 7) is 0.309. The summed E-state index contributed by atoms with van der Waals surface area (Å²) in [7, 11) is 0. The first-order valence-corrected chi connectivity index (χ1v) is 6.05. The molecule has 0 aromatic heterocycles. The molecule has 1 aromatic carbocycles. The maximum Gasteiger partial charge on any atom is 0.416 e. The first-order valence-electron chi connectivity index (χ1n) is 6.05. The maximum absolute atomic E-state index is 13.5. The fourth-order valence-electron chi connectivity index (χ4n) is 2.43. The highest BCUT2D eigenvalue weighted by Gasteiger charge is 2.47. The zero-order valence-electron chi connectivity index (χ0n) is 10.4. The van der Waals surface area contributed by atoms with Gasteiger partial charge in [0.15, 0.2) is 6.10 Å². The van der Waals surface area contributed by atoms with Gasteiger partial charge in [-0.25, -0.2) is 4.39 Å². The van der Waals surface area contributed by atoms with Gasteiger partial charge in [0.2, 0.25) is 0 Å². The Morgan fingerprint density at radius 3 is 2.65 bits per heavy atom. The molecule has 0 aliphatic carbocycles. The zero-order valence-corrected chi connectivity index (χ0v) is 10.4. The minimum Gasteiger partial charge on any atom is -0.382 e. The van der Waals surface area contributed by atoms with Gasteiger partial charge in [0.25, 0.3) is 0 Å². The van der Waals surface area contributed by atoms with E-state index in [1.54, 1.807) is 6.07 Å². The molecule has 0 unspecified atom stereocenters. The van der Waals surface area contributed by atoms with Gasteiger partial charge < -0.3 is 10.0 Å². The molecule has 1 aromatic rings. The van der Waals surface area contributed by atoms with Crippen LogP contribution >= 0.6 is 0 Å². The standard InChI is InChI=1S/C13H12F4N2O/c14-10-6-9(4-3-8(10)7-18)19-5-1-2-11(19)12(20)13(15,16)17/h3-4,6,11-12,20H,1-2,5H2/t11-,12+/m1/s1. The molecule has 1 fully saturated rings. The summed E-state index contributed by atoms with van der Waals surface area (Å²) in [6, 6.07) is 4.17. The molecule has 0 amide bonds. The molecule has 1 saturated heterocycles. The van der Waals surface area contributed by atoms with E-state index in [-0.39, 0.29) is 17.7 Å². The van der Waals surface area contributed by atoms with Crippen LogP contribution < -0.4 is 4.90 Å². The van der Waals surface area contributed by atoms with Gasteiger partial charge in [-0.2, -0.15) is 18.4 Å². The lowest BCUT2D eigenvalue weighted by atomic mass is 10.1. The summed E-state index contributed by atoms with van der Waals surface area (Å²) in [5.74, 6) is -0.780. The third-order valence-corrected chi connectivity index (χ3v) is 3.40. The lowest BCUT2D eigenvalue weighted by Gasteiger charge is -2.31. The monoisotopic (exact) mass is 288 g/mol. The van der Waals surface area contributed by atoms with Gasteiger partial charge in [-0.05, 0) is 31.0 Å². The van der Waals surface area contributed by atoms with Gasteiger partial charge in [0.05, 0.1) is 11.6 Å². The first-order chi connectivity index (χ1) is 9.34. The summed E-state index contributed by atoms with van der Waals surface area (Å²) in [6.07, 6.45) is -6.51. The molecular formula is C13H12F4N2O. The van der Waals surface area contributed by atoms with Gasteiger partial charge in [0, 0.05) is 12.2 Å². The van der Waals surface area contributed by atoms with Crippen molar-refractivity contribution in [2.24, 2.45) is 0 Å². The van der Waals surface area contributed by atoms with E-state index in [0.717, 1.165) is 6.07 Å². The Hall–Kier alpha value is -1.81. The predicted octanol–water partition coefficient (Wildman–Crippen LogP) is 2.59. The van der Waals surface area contributed by atoms with Crippen LogP contribution in [-0.4, -0.2) is 30.0 Å². The van der Waals surface area contributed by atoms with E-state index in [1.807, 2.05) is 0 Å². The van der Waals surface area contributed by atoms with Crippen LogP contribution in [0.5, 0.6) is 0 Å². The van der Waals surface area contributed by atoms with Crippen molar-refractivity contribution in [1.29, 1.82) is 5.26 Å². The summed E-state index contributed by atoms with van der Waals surface area (Å²) >= 11 is 0. The SMILES string of the molecule is N#Cc1ccc(N2CCC[C@@H]2[C@H](O)C(F)(F)F)cc1F. The van der Waals surface area contributed by atoms with Crippen molar-refractivity contribution < 1.29 is 22.7 Å². The summed E-state index contributed by atoms with van der Waals surface area (Å²) in [5, 5.41) is 18.0. The molecule has 3 nitrogen and oxygen atoms in total. The van der Waals surface area contributed by atoms with Crippen LogP contribution in [0.1, 0.15) is 18.4 Å². The van der Waals surface area contributed by atoms with Crippen molar-refractivity contribution >= 4 is 5.69 Å². The molecular weight excluding hydrogens is 276 g/mol. The van der Waals surface area contributed by atoms with E-state index in [1.165, 1.54) is 17.0 Å². The van der Waals surface area contributed by atoms with Gasteiger partial charge in [-0.1, -0.05) is 0 Å². The average molecular weight is 288 g/mol. The Morgan fingerprint density at radius 1 is 1.40 bits per heavy atom. The second kappa shape index (κ2) is 5.29. The molecule has 1 N–H and O–H groups in total. The molecule has 1 aliphatic rings. The lowest BCUT2D eigenvalue weighted by Crippen LogP contribution is -2.47. The summed E-state index contributed by atoms with van der Waals surface area (Å²) in [5.41, 5.74) is 0.0770. The van der Waals surface area contributed by atoms with E-state index >= 15 is 0 Å². The molecule has 2 rings (SSSR count). The topological polar surface area (TPSA) is 47.3 Å².